The first-order valence-corrected chi connectivity index (χ1v) is 7.58. The largest absolute Gasteiger partial charge is 0.496 e. The first kappa shape index (κ1) is 15.7. The molecule has 2 aromatic rings. The minimum absolute atomic E-state index is 0.574. The highest BCUT2D eigenvalue weighted by Gasteiger charge is 2.20. The molecular formula is C16H20O4S. The number of rotatable bonds is 7. The van der Waals surface area contributed by atoms with Gasteiger partial charge in [0.15, 0.2) is 0 Å². The molecule has 0 bridgehead atoms. The van der Waals surface area contributed by atoms with E-state index in [1.807, 2.05) is 11.4 Å². The Morgan fingerprint density at radius 3 is 2.24 bits per heavy atom. The van der Waals surface area contributed by atoms with E-state index >= 15 is 0 Å². The van der Waals surface area contributed by atoms with Crippen LogP contribution in [0.25, 0.3) is 0 Å². The van der Waals surface area contributed by atoms with E-state index in [2.05, 4.69) is 6.07 Å². The quantitative estimate of drug-likeness (QED) is 0.851. The topological polar surface area (TPSA) is 47.9 Å². The summed E-state index contributed by atoms with van der Waals surface area (Å²) in [5, 5.41) is 12.5. The molecule has 1 aromatic heterocycles. The van der Waals surface area contributed by atoms with Crippen molar-refractivity contribution in [3.05, 3.63) is 40.1 Å². The Morgan fingerprint density at radius 1 is 1.10 bits per heavy atom. The molecule has 1 heterocycles. The minimum Gasteiger partial charge on any atom is -0.496 e. The molecule has 1 unspecified atom stereocenters. The molecule has 0 amide bonds. The van der Waals surface area contributed by atoms with Crippen molar-refractivity contribution in [3.63, 3.8) is 0 Å². The van der Waals surface area contributed by atoms with E-state index in [0.717, 1.165) is 6.42 Å². The molecule has 0 spiro atoms. The maximum absolute atomic E-state index is 10.5. The standard InChI is InChI=1S/C16H20O4S/c1-18-11-9-14(19-2)16(15(10-11)20-3)13(17)7-6-12-5-4-8-21-12/h4-5,8-10,13,17H,6-7H2,1-3H3. The lowest BCUT2D eigenvalue weighted by atomic mass is 10.0. The molecule has 5 heteroatoms. The maximum Gasteiger partial charge on any atom is 0.132 e. The third kappa shape index (κ3) is 3.68. The fourth-order valence-corrected chi connectivity index (χ4v) is 2.96. The number of hydrogen-bond acceptors (Lipinski definition) is 5. The lowest BCUT2D eigenvalue weighted by Gasteiger charge is -2.19. The molecule has 4 nitrogen and oxygen atoms in total. The summed E-state index contributed by atoms with van der Waals surface area (Å²) >= 11 is 1.69. The van der Waals surface area contributed by atoms with E-state index in [0.29, 0.717) is 29.2 Å². The molecule has 0 aliphatic rings. The minimum atomic E-state index is -0.650. The molecule has 114 valence electrons. The summed E-state index contributed by atoms with van der Waals surface area (Å²) in [6.45, 7) is 0. The number of benzene rings is 1. The summed E-state index contributed by atoms with van der Waals surface area (Å²) < 4.78 is 16.0. The predicted octanol–water partition coefficient (Wildman–Crippen LogP) is 3.44. The zero-order chi connectivity index (χ0) is 15.2. The van der Waals surface area contributed by atoms with E-state index in [1.54, 1.807) is 44.8 Å². The zero-order valence-electron chi connectivity index (χ0n) is 12.5. The summed E-state index contributed by atoms with van der Waals surface area (Å²) in [5.41, 5.74) is 0.664. The van der Waals surface area contributed by atoms with Gasteiger partial charge in [0, 0.05) is 17.0 Å². The van der Waals surface area contributed by atoms with Crippen molar-refractivity contribution in [2.75, 3.05) is 21.3 Å². The van der Waals surface area contributed by atoms with Gasteiger partial charge in [-0.15, -0.1) is 11.3 Å². The van der Waals surface area contributed by atoms with Gasteiger partial charge >= 0.3 is 0 Å². The van der Waals surface area contributed by atoms with Crippen molar-refractivity contribution < 1.29 is 19.3 Å². The van der Waals surface area contributed by atoms with E-state index in [1.165, 1.54) is 4.88 Å². The Balaban J connectivity index is 2.23. The van der Waals surface area contributed by atoms with Crippen LogP contribution in [0.15, 0.2) is 29.6 Å². The highest BCUT2D eigenvalue weighted by atomic mass is 32.1. The van der Waals surface area contributed by atoms with Gasteiger partial charge in [-0.25, -0.2) is 0 Å². The summed E-state index contributed by atoms with van der Waals surface area (Å²) in [6, 6.07) is 7.60. The van der Waals surface area contributed by atoms with Crippen molar-refractivity contribution in [2.45, 2.75) is 18.9 Å². The number of ether oxygens (including phenoxy) is 3. The van der Waals surface area contributed by atoms with Gasteiger partial charge in [-0.3, -0.25) is 0 Å². The van der Waals surface area contributed by atoms with E-state index < -0.39 is 6.10 Å². The molecule has 21 heavy (non-hydrogen) atoms. The molecule has 0 aliphatic carbocycles. The van der Waals surface area contributed by atoms with Crippen LogP contribution in [0.5, 0.6) is 17.2 Å². The molecule has 1 aromatic carbocycles. The second kappa shape index (κ2) is 7.33. The highest BCUT2D eigenvalue weighted by Crippen LogP contribution is 2.39. The van der Waals surface area contributed by atoms with Gasteiger partial charge in [0.05, 0.1) is 33.0 Å². The zero-order valence-corrected chi connectivity index (χ0v) is 13.3. The Morgan fingerprint density at radius 2 is 1.76 bits per heavy atom. The van der Waals surface area contributed by atoms with Crippen molar-refractivity contribution in [1.29, 1.82) is 0 Å². The van der Waals surface area contributed by atoms with Crippen LogP contribution in [0.1, 0.15) is 23.0 Å². The lowest BCUT2D eigenvalue weighted by Crippen LogP contribution is -2.05. The predicted molar refractivity (Wildman–Crippen MR) is 83.7 cm³/mol. The van der Waals surface area contributed by atoms with Gasteiger partial charge in [-0.2, -0.15) is 0 Å². The summed E-state index contributed by atoms with van der Waals surface area (Å²) in [6.07, 6.45) is 0.777. The van der Waals surface area contributed by atoms with Gasteiger partial charge in [0.25, 0.3) is 0 Å². The first-order valence-electron chi connectivity index (χ1n) is 6.70. The molecule has 0 radical (unpaired) electrons. The van der Waals surface area contributed by atoms with Crippen LogP contribution in [0.2, 0.25) is 0 Å². The van der Waals surface area contributed by atoms with Gasteiger partial charge in [0.1, 0.15) is 17.2 Å². The van der Waals surface area contributed by atoms with Crippen LogP contribution in [-0.2, 0) is 6.42 Å². The average molecular weight is 308 g/mol. The summed E-state index contributed by atoms with van der Waals surface area (Å²) in [5.74, 6) is 1.78. The molecule has 1 N–H and O–H groups in total. The van der Waals surface area contributed by atoms with Crippen LogP contribution < -0.4 is 14.2 Å². The molecule has 1 atom stereocenters. The van der Waals surface area contributed by atoms with E-state index in [4.69, 9.17) is 14.2 Å². The fraction of sp³-hybridized carbons (Fsp3) is 0.375. The normalized spacial score (nSPS) is 12.0. The monoisotopic (exact) mass is 308 g/mol. The lowest BCUT2D eigenvalue weighted by molar-refractivity contribution is 0.159. The third-order valence-electron chi connectivity index (χ3n) is 3.33. The summed E-state index contributed by atoms with van der Waals surface area (Å²) in [4.78, 5) is 1.25. The first-order chi connectivity index (χ1) is 10.2. The number of hydrogen-bond donors (Lipinski definition) is 1. The van der Waals surface area contributed by atoms with Crippen LogP contribution in [0.4, 0.5) is 0 Å². The van der Waals surface area contributed by atoms with Crippen LogP contribution in [0, 0.1) is 0 Å². The van der Waals surface area contributed by atoms with Gasteiger partial charge in [-0.1, -0.05) is 6.07 Å². The van der Waals surface area contributed by atoms with Crippen molar-refractivity contribution in [2.24, 2.45) is 0 Å². The maximum atomic E-state index is 10.5. The number of aryl methyl sites for hydroxylation is 1. The SMILES string of the molecule is COc1cc(OC)c(C(O)CCc2cccs2)c(OC)c1. The van der Waals surface area contributed by atoms with Crippen molar-refractivity contribution in [3.8, 4) is 17.2 Å². The Kier molecular flexibility index (Phi) is 5.47. The van der Waals surface area contributed by atoms with Gasteiger partial charge in [-0.05, 0) is 24.3 Å². The van der Waals surface area contributed by atoms with Crippen molar-refractivity contribution >= 4 is 11.3 Å². The fourth-order valence-electron chi connectivity index (χ4n) is 2.24. The van der Waals surface area contributed by atoms with Gasteiger partial charge in [0.2, 0.25) is 0 Å². The molecule has 0 fully saturated rings. The Bertz CT molecular complexity index is 541. The average Bonchev–Trinajstić information content (AvgIpc) is 3.04. The highest BCUT2D eigenvalue weighted by molar-refractivity contribution is 7.09. The molecule has 2 rings (SSSR count). The number of aliphatic hydroxyl groups is 1. The van der Waals surface area contributed by atoms with Crippen LogP contribution in [-0.4, -0.2) is 26.4 Å². The molecular weight excluding hydrogens is 288 g/mol. The number of aliphatic hydroxyl groups excluding tert-OH is 1. The molecule has 0 aliphatic heterocycles. The Hall–Kier alpha value is -1.72. The van der Waals surface area contributed by atoms with E-state index in [-0.39, 0.29) is 0 Å². The molecule has 0 saturated carbocycles. The smallest absolute Gasteiger partial charge is 0.132 e. The molecule has 0 saturated heterocycles. The van der Waals surface area contributed by atoms with Crippen molar-refractivity contribution in [1.82, 2.24) is 0 Å². The second-order valence-electron chi connectivity index (χ2n) is 4.58. The number of thiophene rings is 1. The van der Waals surface area contributed by atoms with E-state index in [9.17, 15) is 5.11 Å². The summed E-state index contributed by atoms with van der Waals surface area (Å²) in [7, 11) is 4.73. The second-order valence-corrected chi connectivity index (χ2v) is 5.61. The van der Waals surface area contributed by atoms with Crippen LogP contribution >= 0.6 is 11.3 Å². The third-order valence-corrected chi connectivity index (χ3v) is 4.27. The van der Waals surface area contributed by atoms with Crippen LogP contribution in [0.3, 0.4) is 0 Å². The Labute approximate surface area is 128 Å². The number of methoxy groups -OCH3 is 3. The van der Waals surface area contributed by atoms with Gasteiger partial charge < -0.3 is 19.3 Å².